The number of ether oxygens (including phenoxy) is 2. The first kappa shape index (κ1) is 14.7. The molecule has 1 amide bonds. The van der Waals surface area contributed by atoms with Crippen molar-refractivity contribution in [2.24, 2.45) is 0 Å². The van der Waals surface area contributed by atoms with E-state index in [9.17, 15) is 4.79 Å². The fourth-order valence-corrected chi connectivity index (χ4v) is 1.90. The first-order chi connectivity index (χ1) is 10.0. The van der Waals surface area contributed by atoms with Crippen LogP contribution in [-0.4, -0.2) is 20.1 Å². The summed E-state index contributed by atoms with van der Waals surface area (Å²) in [6.07, 6.45) is 0. The smallest absolute Gasteiger partial charge is 0.259 e. The number of carbonyl (C=O) groups is 1. The number of aryl methyl sites for hydroxylation is 1. The van der Waals surface area contributed by atoms with Crippen LogP contribution in [0.2, 0.25) is 0 Å². The molecule has 3 N–H and O–H groups in total. The zero-order chi connectivity index (χ0) is 15.4. The van der Waals surface area contributed by atoms with Crippen molar-refractivity contribution in [2.75, 3.05) is 25.3 Å². The molecule has 0 bridgehead atoms. The molecule has 5 heteroatoms. The van der Waals surface area contributed by atoms with E-state index in [0.717, 1.165) is 5.56 Å². The standard InChI is InChI=1S/C16H18N2O3/c1-10-4-5-11(8-14(10)17)18-16(19)13-7-6-12(20-2)9-15(13)21-3/h4-9H,17H2,1-3H3,(H,18,19). The van der Waals surface area contributed by atoms with Gasteiger partial charge in [-0.15, -0.1) is 0 Å². The van der Waals surface area contributed by atoms with E-state index in [1.54, 1.807) is 37.4 Å². The van der Waals surface area contributed by atoms with Gasteiger partial charge in [-0.3, -0.25) is 4.79 Å². The fourth-order valence-electron chi connectivity index (χ4n) is 1.90. The summed E-state index contributed by atoms with van der Waals surface area (Å²) in [5.74, 6) is 0.813. The van der Waals surface area contributed by atoms with Gasteiger partial charge in [-0.05, 0) is 36.8 Å². The van der Waals surface area contributed by atoms with Gasteiger partial charge in [0.2, 0.25) is 0 Å². The van der Waals surface area contributed by atoms with E-state index >= 15 is 0 Å². The van der Waals surface area contributed by atoms with Crippen LogP contribution < -0.4 is 20.5 Å². The zero-order valence-corrected chi connectivity index (χ0v) is 12.3. The van der Waals surface area contributed by atoms with E-state index in [1.807, 2.05) is 13.0 Å². The van der Waals surface area contributed by atoms with Crippen LogP contribution in [0.4, 0.5) is 11.4 Å². The minimum atomic E-state index is -0.266. The van der Waals surface area contributed by atoms with Crippen LogP contribution in [0.1, 0.15) is 15.9 Å². The molecule has 0 saturated carbocycles. The number of hydrogen-bond donors (Lipinski definition) is 2. The molecular weight excluding hydrogens is 268 g/mol. The highest BCUT2D eigenvalue weighted by atomic mass is 16.5. The van der Waals surface area contributed by atoms with E-state index in [0.29, 0.717) is 28.4 Å². The first-order valence-electron chi connectivity index (χ1n) is 6.44. The number of rotatable bonds is 4. The number of nitrogens with two attached hydrogens (primary N) is 1. The summed E-state index contributed by atoms with van der Waals surface area (Å²) in [4.78, 5) is 12.3. The average Bonchev–Trinajstić information content (AvgIpc) is 2.50. The minimum Gasteiger partial charge on any atom is -0.497 e. The van der Waals surface area contributed by atoms with Gasteiger partial charge in [0, 0.05) is 17.4 Å². The second-order valence-electron chi connectivity index (χ2n) is 4.59. The molecule has 2 rings (SSSR count). The Balaban J connectivity index is 2.25. The van der Waals surface area contributed by atoms with Crippen molar-refractivity contribution in [3.63, 3.8) is 0 Å². The van der Waals surface area contributed by atoms with Crippen molar-refractivity contribution in [1.82, 2.24) is 0 Å². The summed E-state index contributed by atoms with van der Waals surface area (Å²) in [6.45, 7) is 1.91. The van der Waals surface area contributed by atoms with Gasteiger partial charge >= 0.3 is 0 Å². The zero-order valence-electron chi connectivity index (χ0n) is 12.3. The summed E-state index contributed by atoms with van der Waals surface area (Å²) in [5.41, 5.74) is 8.51. The van der Waals surface area contributed by atoms with Gasteiger partial charge in [-0.1, -0.05) is 6.07 Å². The maximum atomic E-state index is 12.3. The Morgan fingerprint density at radius 2 is 1.86 bits per heavy atom. The van der Waals surface area contributed by atoms with Crippen LogP contribution in [0.25, 0.3) is 0 Å². The van der Waals surface area contributed by atoms with Crippen molar-refractivity contribution >= 4 is 17.3 Å². The predicted octanol–water partition coefficient (Wildman–Crippen LogP) is 2.85. The monoisotopic (exact) mass is 286 g/mol. The molecule has 5 nitrogen and oxygen atoms in total. The number of nitrogens with one attached hydrogen (secondary N) is 1. The number of hydrogen-bond acceptors (Lipinski definition) is 4. The molecule has 0 atom stereocenters. The van der Waals surface area contributed by atoms with Crippen molar-refractivity contribution in [3.05, 3.63) is 47.5 Å². The summed E-state index contributed by atoms with van der Waals surface area (Å²) in [5, 5.41) is 2.80. The lowest BCUT2D eigenvalue weighted by Gasteiger charge is -2.11. The Bertz CT molecular complexity index is 669. The van der Waals surface area contributed by atoms with Crippen molar-refractivity contribution in [3.8, 4) is 11.5 Å². The van der Waals surface area contributed by atoms with Crippen LogP contribution >= 0.6 is 0 Å². The number of anilines is 2. The van der Waals surface area contributed by atoms with Crippen molar-refractivity contribution in [2.45, 2.75) is 6.92 Å². The highest BCUT2D eigenvalue weighted by Gasteiger charge is 2.13. The molecule has 110 valence electrons. The van der Waals surface area contributed by atoms with E-state index in [2.05, 4.69) is 5.32 Å². The van der Waals surface area contributed by atoms with Crippen LogP contribution in [0.3, 0.4) is 0 Å². The normalized spacial score (nSPS) is 10.0. The molecule has 0 unspecified atom stereocenters. The van der Waals surface area contributed by atoms with Gasteiger partial charge in [0.1, 0.15) is 11.5 Å². The average molecular weight is 286 g/mol. The van der Waals surface area contributed by atoms with E-state index in [1.165, 1.54) is 7.11 Å². The Morgan fingerprint density at radius 1 is 1.10 bits per heavy atom. The lowest BCUT2D eigenvalue weighted by molar-refractivity contribution is 0.102. The molecule has 2 aromatic carbocycles. The van der Waals surface area contributed by atoms with Crippen LogP contribution in [0.5, 0.6) is 11.5 Å². The van der Waals surface area contributed by atoms with Crippen LogP contribution in [0.15, 0.2) is 36.4 Å². The Kier molecular flexibility index (Phi) is 4.33. The molecule has 0 saturated heterocycles. The molecule has 0 fully saturated rings. The number of carbonyl (C=O) groups excluding carboxylic acids is 1. The number of amides is 1. The summed E-state index contributed by atoms with van der Waals surface area (Å²) < 4.78 is 10.3. The number of methoxy groups -OCH3 is 2. The summed E-state index contributed by atoms with van der Waals surface area (Å²) >= 11 is 0. The molecule has 0 aliphatic carbocycles. The first-order valence-corrected chi connectivity index (χ1v) is 6.44. The third kappa shape index (κ3) is 3.25. The number of benzene rings is 2. The fraction of sp³-hybridized carbons (Fsp3) is 0.188. The summed E-state index contributed by atoms with van der Waals surface area (Å²) in [6, 6.07) is 10.4. The maximum absolute atomic E-state index is 12.3. The van der Waals surface area contributed by atoms with Crippen molar-refractivity contribution < 1.29 is 14.3 Å². The molecule has 0 aliphatic heterocycles. The third-order valence-corrected chi connectivity index (χ3v) is 3.19. The molecule has 0 spiro atoms. The Morgan fingerprint density at radius 3 is 2.48 bits per heavy atom. The van der Waals surface area contributed by atoms with Gasteiger partial charge in [0.05, 0.1) is 19.8 Å². The van der Waals surface area contributed by atoms with Crippen LogP contribution in [-0.2, 0) is 0 Å². The molecule has 0 aromatic heterocycles. The van der Waals surface area contributed by atoms with E-state index < -0.39 is 0 Å². The SMILES string of the molecule is COc1ccc(C(=O)Nc2ccc(C)c(N)c2)c(OC)c1. The molecule has 0 radical (unpaired) electrons. The third-order valence-electron chi connectivity index (χ3n) is 3.19. The van der Waals surface area contributed by atoms with Gasteiger partial charge in [0.25, 0.3) is 5.91 Å². The lowest BCUT2D eigenvalue weighted by Crippen LogP contribution is -2.13. The van der Waals surface area contributed by atoms with Crippen LogP contribution in [0, 0.1) is 6.92 Å². The predicted molar refractivity (Wildman–Crippen MR) is 83.1 cm³/mol. The Labute approximate surface area is 123 Å². The molecule has 0 aliphatic rings. The molecule has 21 heavy (non-hydrogen) atoms. The molecule has 2 aromatic rings. The van der Waals surface area contributed by atoms with E-state index in [-0.39, 0.29) is 5.91 Å². The Hall–Kier alpha value is -2.69. The second-order valence-corrected chi connectivity index (χ2v) is 4.59. The molecule has 0 heterocycles. The maximum Gasteiger partial charge on any atom is 0.259 e. The largest absolute Gasteiger partial charge is 0.497 e. The molecular formula is C16H18N2O3. The highest BCUT2D eigenvalue weighted by molar-refractivity contribution is 6.06. The minimum absolute atomic E-state index is 0.266. The van der Waals surface area contributed by atoms with Gasteiger partial charge in [0.15, 0.2) is 0 Å². The topological polar surface area (TPSA) is 73.6 Å². The van der Waals surface area contributed by atoms with Crippen molar-refractivity contribution in [1.29, 1.82) is 0 Å². The van der Waals surface area contributed by atoms with E-state index in [4.69, 9.17) is 15.2 Å². The number of nitrogen functional groups attached to an aromatic ring is 1. The quantitative estimate of drug-likeness (QED) is 0.848. The van der Waals surface area contributed by atoms with Gasteiger partial charge in [-0.2, -0.15) is 0 Å². The highest BCUT2D eigenvalue weighted by Crippen LogP contribution is 2.26. The van der Waals surface area contributed by atoms with Gasteiger partial charge < -0.3 is 20.5 Å². The summed E-state index contributed by atoms with van der Waals surface area (Å²) in [7, 11) is 3.07. The lowest BCUT2D eigenvalue weighted by atomic mass is 10.1. The van der Waals surface area contributed by atoms with Gasteiger partial charge in [-0.25, -0.2) is 0 Å². The second kappa shape index (κ2) is 6.17.